The smallest absolute Gasteiger partial charge is 0.329 e. The summed E-state index contributed by atoms with van der Waals surface area (Å²) in [6.07, 6.45) is 2.82. The molecule has 1 saturated carbocycles. The molecule has 1 N–H and O–H groups in total. The van der Waals surface area contributed by atoms with Crippen molar-refractivity contribution in [3.05, 3.63) is 60.7 Å². The fourth-order valence-electron chi connectivity index (χ4n) is 3.41. The number of rotatable bonds is 7. The molecule has 0 bridgehead atoms. The molecule has 3 amide bonds. The number of amides is 3. The zero-order chi connectivity index (χ0) is 18.4. The molecule has 0 heterocycles. The summed E-state index contributed by atoms with van der Waals surface area (Å²) in [5, 5.41) is 2.68. The minimum absolute atomic E-state index is 0.0494. The lowest BCUT2D eigenvalue weighted by Gasteiger charge is -2.44. The van der Waals surface area contributed by atoms with Gasteiger partial charge in [-0.25, -0.2) is 4.79 Å². The first-order valence-corrected chi connectivity index (χ1v) is 9.10. The van der Waals surface area contributed by atoms with Gasteiger partial charge in [0.05, 0.1) is 11.4 Å². The highest BCUT2D eigenvalue weighted by molar-refractivity contribution is 5.99. The van der Waals surface area contributed by atoms with Crippen LogP contribution in [0.1, 0.15) is 19.8 Å². The zero-order valence-corrected chi connectivity index (χ0v) is 15.0. The van der Waals surface area contributed by atoms with Crippen LogP contribution in [0.2, 0.25) is 0 Å². The number of nitrogens with one attached hydrogen (secondary N) is 1. The molecule has 2 aromatic rings. The zero-order valence-electron chi connectivity index (χ0n) is 15.0. The summed E-state index contributed by atoms with van der Waals surface area (Å²) in [7, 11) is 0. The third kappa shape index (κ3) is 3.87. The Bertz CT molecular complexity index is 681. The standard InChI is InChI=1S/C21H25N3O2/c1-17-12-13-20(17)23(15-14-22-16-25)21(26)24(18-8-4-2-5-9-18)19-10-6-3-7-11-19/h2-11,16-17,20H,12-15H2,1H3,(H,22,25)/t17?,20-/m0/s1. The lowest BCUT2D eigenvalue weighted by Crippen LogP contribution is -2.54. The van der Waals surface area contributed by atoms with Crippen molar-refractivity contribution in [2.24, 2.45) is 5.92 Å². The van der Waals surface area contributed by atoms with Crippen LogP contribution in [-0.2, 0) is 4.79 Å². The van der Waals surface area contributed by atoms with Crippen LogP contribution in [0.3, 0.4) is 0 Å². The molecular formula is C21H25N3O2. The molecule has 26 heavy (non-hydrogen) atoms. The van der Waals surface area contributed by atoms with E-state index < -0.39 is 0 Å². The SMILES string of the molecule is CC1CC[C@@H]1N(CCNC=O)C(=O)N(c1ccccc1)c1ccccc1. The third-order valence-electron chi connectivity index (χ3n) is 5.02. The van der Waals surface area contributed by atoms with Gasteiger partial charge in [0.1, 0.15) is 0 Å². The van der Waals surface area contributed by atoms with E-state index in [4.69, 9.17) is 0 Å². The Morgan fingerprint density at radius 2 is 1.62 bits per heavy atom. The van der Waals surface area contributed by atoms with Gasteiger partial charge in [-0.2, -0.15) is 0 Å². The second kappa shape index (κ2) is 8.52. The lowest BCUT2D eigenvalue weighted by atomic mass is 9.80. The van der Waals surface area contributed by atoms with E-state index >= 15 is 0 Å². The molecule has 5 heteroatoms. The monoisotopic (exact) mass is 351 g/mol. The van der Waals surface area contributed by atoms with Gasteiger partial charge in [0.25, 0.3) is 0 Å². The van der Waals surface area contributed by atoms with Crippen LogP contribution < -0.4 is 10.2 Å². The quantitative estimate of drug-likeness (QED) is 0.609. The van der Waals surface area contributed by atoms with E-state index in [0.29, 0.717) is 25.4 Å². The molecule has 1 aliphatic carbocycles. The Labute approximate surface area is 154 Å². The van der Waals surface area contributed by atoms with Crippen LogP contribution >= 0.6 is 0 Å². The molecule has 5 nitrogen and oxygen atoms in total. The molecule has 3 rings (SSSR count). The second-order valence-corrected chi connectivity index (χ2v) is 6.68. The van der Waals surface area contributed by atoms with Crippen molar-refractivity contribution in [3.8, 4) is 0 Å². The first-order chi connectivity index (χ1) is 12.7. The van der Waals surface area contributed by atoms with Crippen molar-refractivity contribution in [2.45, 2.75) is 25.8 Å². The minimum atomic E-state index is -0.0494. The summed E-state index contributed by atoms with van der Waals surface area (Å²) in [6, 6.07) is 19.5. The molecule has 136 valence electrons. The number of hydrogen-bond acceptors (Lipinski definition) is 2. The third-order valence-corrected chi connectivity index (χ3v) is 5.02. The van der Waals surface area contributed by atoms with Gasteiger partial charge in [-0.3, -0.25) is 9.69 Å². The predicted molar refractivity (Wildman–Crippen MR) is 103 cm³/mol. The highest BCUT2D eigenvalue weighted by Gasteiger charge is 2.37. The van der Waals surface area contributed by atoms with Gasteiger partial charge in [-0.15, -0.1) is 0 Å². The fourth-order valence-corrected chi connectivity index (χ4v) is 3.41. The molecular weight excluding hydrogens is 326 g/mol. The van der Waals surface area contributed by atoms with E-state index in [0.717, 1.165) is 24.2 Å². The summed E-state index contributed by atoms with van der Waals surface area (Å²) in [5.41, 5.74) is 1.67. The van der Waals surface area contributed by atoms with E-state index in [2.05, 4.69) is 12.2 Å². The van der Waals surface area contributed by atoms with Crippen molar-refractivity contribution < 1.29 is 9.59 Å². The van der Waals surface area contributed by atoms with Gasteiger partial charge in [0, 0.05) is 19.1 Å². The second-order valence-electron chi connectivity index (χ2n) is 6.68. The molecule has 0 spiro atoms. The van der Waals surface area contributed by atoms with Gasteiger partial charge < -0.3 is 10.2 Å². The van der Waals surface area contributed by atoms with E-state index in [1.807, 2.05) is 65.6 Å². The van der Waals surface area contributed by atoms with E-state index in [-0.39, 0.29) is 12.1 Å². The van der Waals surface area contributed by atoms with E-state index in [9.17, 15) is 9.59 Å². The molecule has 0 radical (unpaired) electrons. The summed E-state index contributed by atoms with van der Waals surface area (Å²) in [6.45, 7) is 3.13. The van der Waals surface area contributed by atoms with E-state index in [1.54, 1.807) is 4.90 Å². The summed E-state index contributed by atoms with van der Waals surface area (Å²) in [5.74, 6) is 0.476. The van der Waals surface area contributed by atoms with Crippen LogP contribution in [0.4, 0.5) is 16.2 Å². The van der Waals surface area contributed by atoms with Crippen LogP contribution in [0.5, 0.6) is 0 Å². The summed E-state index contributed by atoms with van der Waals surface area (Å²) in [4.78, 5) is 27.8. The highest BCUT2D eigenvalue weighted by atomic mass is 16.2. The predicted octanol–water partition coefficient (Wildman–Crippen LogP) is 3.79. The van der Waals surface area contributed by atoms with Crippen LogP contribution in [0.15, 0.2) is 60.7 Å². The number of urea groups is 1. The average molecular weight is 351 g/mol. The number of benzene rings is 2. The highest BCUT2D eigenvalue weighted by Crippen LogP contribution is 2.34. The molecule has 1 unspecified atom stereocenters. The maximum Gasteiger partial charge on any atom is 0.329 e. The largest absolute Gasteiger partial charge is 0.357 e. The molecule has 0 aliphatic heterocycles. The first kappa shape index (κ1) is 18.0. The summed E-state index contributed by atoms with van der Waals surface area (Å²) < 4.78 is 0. The van der Waals surface area contributed by atoms with Gasteiger partial charge in [-0.05, 0) is 43.0 Å². The Balaban J connectivity index is 1.92. The van der Waals surface area contributed by atoms with Gasteiger partial charge in [-0.1, -0.05) is 43.3 Å². The number of carbonyl (C=O) groups is 2. The topological polar surface area (TPSA) is 52.7 Å². The van der Waals surface area contributed by atoms with Crippen molar-refractivity contribution in [1.29, 1.82) is 0 Å². The van der Waals surface area contributed by atoms with Crippen LogP contribution in [0.25, 0.3) is 0 Å². The van der Waals surface area contributed by atoms with E-state index in [1.165, 1.54) is 0 Å². The normalized spacial score (nSPS) is 18.5. The minimum Gasteiger partial charge on any atom is -0.357 e. The number of para-hydroxylation sites is 2. The van der Waals surface area contributed by atoms with Crippen molar-refractivity contribution in [3.63, 3.8) is 0 Å². The molecule has 1 fully saturated rings. The lowest BCUT2D eigenvalue weighted by molar-refractivity contribution is -0.109. The van der Waals surface area contributed by atoms with Crippen LogP contribution in [0, 0.1) is 5.92 Å². The number of nitrogens with zero attached hydrogens (tertiary/aromatic N) is 2. The molecule has 0 aromatic heterocycles. The summed E-state index contributed by atoms with van der Waals surface area (Å²) >= 11 is 0. The number of carbonyl (C=O) groups excluding carboxylic acids is 2. The van der Waals surface area contributed by atoms with Gasteiger partial charge >= 0.3 is 6.03 Å². The fraction of sp³-hybridized carbons (Fsp3) is 0.333. The van der Waals surface area contributed by atoms with Crippen molar-refractivity contribution >= 4 is 23.8 Å². The molecule has 2 aromatic carbocycles. The van der Waals surface area contributed by atoms with Crippen molar-refractivity contribution in [2.75, 3.05) is 18.0 Å². The molecule has 0 saturated heterocycles. The maximum absolute atomic E-state index is 13.6. The Morgan fingerprint density at radius 3 is 2.04 bits per heavy atom. The maximum atomic E-state index is 13.6. The van der Waals surface area contributed by atoms with Crippen LogP contribution in [-0.4, -0.2) is 36.5 Å². The molecule has 1 aliphatic rings. The Kier molecular flexibility index (Phi) is 5.89. The molecule has 2 atom stereocenters. The average Bonchev–Trinajstić information content (AvgIpc) is 2.68. The first-order valence-electron chi connectivity index (χ1n) is 9.10. The number of hydrogen-bond donors (Lipinski definition) is 1. The Morgan fingerprint density at radius 1 is 1.04 bits per heavy atom. The van der Waals surface area contributed by atoms with Gasteiger partial charge in [0.15, 0.2) is 0 Å². The van der Waals surface area contributed by atoms with Crippen molar-refractivity contribution in [1.82, 2.24) is 10.2 Å². The number of anilines is 2. The Hall–Kier alpha value is -2.82. The van der Waals surface area contributed by atoms with Gasteiger partial charge in [0.2, 0.25) is 6.41 Å².